The number of nitrogens with zero attached hydrogens (tertiary/aromatic N) is 1. The van der Waals surface area contributed by atoms with Crippen LogP contribution < -0.4 is 16.4 Å². The third kappa shape index (κ3) is 2.40. The molecule has 2 aliphatic rings. The van der Waals surface area contributed by atoms with Crippen molar-refractivity contribution in [3.63, 3.8) is 0 Å². The van der Waals surface area contributed by atoms with Gasteiger partial charge in [0.25, 0.3) is 0 Å². The molecule has 2 rings (SSSR count). The maximum Gasteiger partial charge on any atom is 0.107 e. The second-order valence-corrected chi connectivity index (χ2v) is 4.90. The summed E-state index contributed by atoms with van der Waals surface area (Å²) in [6, 6.07) is 0. The Morgan fingerprint density at radius 3 is 3.07 bits per heavy atom. The van der Waals surface area contributed by atoms with Gasteiger partial charge in [0.15, 0.2) is 0 Å². The van der Waals surface area contributed by atoms with E-state index in [0.29, 0.717) is 6.67 Å². The van der Waals surface area contributed by atoms with Crippen molar-refractivity contribution in [2.45, 2.75) is 12.6 Å². The van der Waals surface area contributed by atoms with E-state index < -0.39 is 5.66 Å². The average Bonchev–Trinajstić information content (AvgIpc) is 2.23. The van der Waals surface area contributed by atoms with E-state index in [-0.39, 0.29) is 0 Å². The van der Waals surface area contributed by atoms with E-state index in [1.54, 1.807) is 0 Å². The average molecular weight is 316 g/mol. The number of nitrogens with one attached hydrogen (secondary N) is 2. The molecule has 0 aromatic rings. The minimum atomic E-state index is -0.490. The molecule has 0 bridgehead atoms. The molecule has 15 heavy (non-hydrogen) atoms. The summed E-state index contributed by atoms with van der Waals surface area (Å²) < 4.78 is 1.14. The van der Waals surface area contributed by atoms with Crippen molar-refractivity contribution in [2.75, 3.05) is 6.67 Å². The lowest BCUT2D eigenvalue weighted by molar-refractivity contribution is 0.502. The largest absolute Gasteiger partial charge is 0.372 e. The van der Waals surface area contributed by atoms with Crippen LogP contribution in [0.2, 0.25) is 0 Å². The van der Waals surface area contributed by atoms with Gasteiger partial charge in [0.2, 0.25) is 0 Å². The summed E-state index contributed by atoms with van der Waals surface area (Å²) >= 11 is 2.28. The molecule has 5 heteroatoms. The molecule has 0 aromatic carbocycles. The highest BCUT2D eigenvalue weighted by molar-refractivity contribution is 14.1. The molecule has 4 nitrogen and oxygen atoms in total. The van der Waals surface area contributed by atoms with Gasteiger partial charge in [-0.25, -0.2) is 0 Å². The first kappa shape index (κ1) is 10.7. The second-order valence-electron chi connectivity index (χ2n) is 3.74. The smallest absolute Gasteiger partial charge is 0.107 e. The van der Waals surface area contributed by atoms with Gasteiger partial charge < -0.3 is 16.4 Å². The molecule has 2 heterocycles. The summed E-state index contributed by atoms with van der Waals surface area (Å²) in [5.74, 6) is 0. The molecule has 0 aliphatic carbocycles. The number of hydrogen-bond donors (Lipinski definition) is 3. The van der Waals surface area contributed by atoms with Gasteiger partial charge in [-0.1, -0.05) is 0 Å². The first-order chi connectivity index (χ1) is 7.08. The number of nitrogens with two attached hydrogens (primary N) is 1. The Balaban J connectivity index is 2.31. The monoisotopic (exact) mass is 316 g/mol. The van der Waals surface area contributed by atoms with Crippen LogP contribution in [0.5, 0.6) is 0 Å². The molecular formula is C10H13IN4. The lowest BCUT2D eigenvalue weighted by Gasteiger charge is -2.30. The van der Waals surface area contributed by atoms with Crippen LogP contribution in [-0.2, 0) is 0 Å². The Hall–Kier alpha value is -0.820. The molecule has 0 fully saturated rings. The van der Waals surface area contributed by atoms with E-state index >= 15 is 0 Å². The molecule has 1 unspecified atom stereocenters. The van der Waals surface area contributed by atoms with E-state index in [2.05, 4.69) is 38.2 Å². The van der Waals surface area contributed by atoms with Gasteiger partial charge >= 0.3 is 0 Å². The second kappa shape index (κ2) is 3.97. The summed E-state index contributed by atoms with van der Waals surface area (Å²) in [7, 11) is 0. The Bertz CT molecular complexity index is 390. The minimum Gasteiger partial charge on any atom is -0.372 e. The lowest BCUT2D eigenvalue weighted by Crippen LogP contribution is -2.50. The quantitative estimate of drug-likeness (QED) is 0.632. The molecule has 80 valence electrons. The Morgan fingerprint density at radius 1 is 1.60 bits per heavy atom. The van der Waals surface area contributed by atoms with E-state index in [1.165, 1.54) is 0 Å². The molecule has 0 aromatic heterocycles. The molecule has 1 atom stereocenters. The summed E-state index contributed by atoms with van der Waals surface area (Å²) in [6.07, 6.45) is 7.78. The maximum atomic E-state index is 6.01. The first-order valence-electron chi connectivity index (χ1n) is 4.68. The summed E-state index contributed by atoms with van der Waals surface area (Å²) in [5, 5.41) is 6.35. The van der Waals surface area contributed by atoms with Crippen molar-refractivity contribution < 1.29 is 0 Å². The van der Waals surface area contributed by atoms with Crippen molar-refractivity contribution in [1.82, 2.24) is 10.6 Å². The van der Waals surface area contributed by atoms with Crippen molar-refractivity contribution in [2.24, 2.45) is 10.7 Å². The van der Waals surface area contributed by atoms with E-state index in [9.17, 15) is 0 Å². The lowest BCUT2D eigenvalue weighted by atomic mass is 10.1. The highest BCUT2D eigenvalue weighted by Gasteiger charge is 2.22. The van der Waals surface area contributed by atoms with Crippen molar-refractivity contribution >= 4 is 28.8 Å². The third-order valence-electron chi connectivity index (χ3n) is 2.17. The van der Waals surface area contributed by atoms with Crippen molar-refractivity contribution in [3.8, 4) is 0 Å². The molecule has 0 spiro atoms. The third-order valence-corrected chi connectivity index (χ3v) is 3.07. The van der Waals surface area contributed by atoms with Crippen LogP contribution in [0.3, 0.4) is 0 Å². The zero-order valence-corrected chi connectivity index (χ0v) is 10.6. The van der Waals surface area contributed by atoms with Crippen LogP contribution in [0, 0.1) is 0 Å². The molecule has 2 aliphatic heterocycles. The summed E-state index contributed by atoms with van der Waals surface area (Å²) in [6.45, 7) is 2.57. The van der Waals surface area contributed by atoms with Crippen LogP contribution in [0.1, 0.15) is 6.92 Å². The molecule has 4 N–H and O–H groups in total. The fourth-order valence-corrected chi connectivity index (χ4v) is 2.06. The molecule has 0 radical (unpaired) electrons. The minimum absolute atomic E-state index is 0.490. The van der Waals surface area contributed by atoms with Crippen molar-refractivity contribution in [3.05, 3.63) is 33.2 Å². The highest BCUT2D eigenvalue weighted by Crippen LogP contribution is 2.24. The van der Waals surface area contributed by atoms with Gasteiger partial charge in [0.05, 0.1) is 5.70 Å². The van der Waals surface area contributed by atoms with Gasteiger partial charge in [-0.2, -0.15) is 0 Å². The Kier molecular flexibility index (Phi) is 2.83. The van der Waals surface area contributed by atoms with Gasteiger partial charge in [-0.05, 0) is 41.7 Å². The molecule has 0 amide bonds. The topological polar surface area (TPSA) is 62.4 Å². The van der Waals surface area contributed by atoms with Crippen LogP contribution >= 0.6 is 22.6 Å². The first-order valence-corrected chi connectivity index (χ1v) is 5.76. The zero-order valence-electron chi connectivity index (χ0n) is 8.42. The maximum absolute atomic E-state index is 6.01. The van der Waals surface area contributed by atoms with Gasteiger partial charge in [0, 0.05) is 21.6 Å². The standard InChI is InChI=1S/C10H13IN4/c1-10(12)3-2-8(11)9(15-10)7-4-13-6-14-5-7/h2-5,13,15H,6,12H2,1H3. The van der Waals surface area contributed by atoms with E-state index in [4.69, 9.17) is 5.73 Å². The summed E-state index contributed by atoms with van der Waals surface area (Å²) in [5.41, 5.74) is 7.58. The van der Waals surface area contributed by atoms with Gasteiger partial charge in [-0.3, -0.25) is 4.99 Å². The normalized spacial score (nSPS) is 29.7. The number of hydrogen-bond acceptors (Lipinski definition) is 4. The predicted molar refractivity (Wildman–Crippen MR) is 70.5 cm³/mol. The van der Waals surface area contributed by atoms with Gasteiger partial charge in [-0.15, -0.1) is 0 Å². The van der Waals surface area contributed by atoms with Crippen LogP contribution in [0.25, 0.3) is 0 Å². The Labute approximate surface area is 103 Å². The zero-order chi connectivity index (χ0) is 10.9. The number of dihydropyridines is 1. The van der Waals surface area contributed by atoms with Gasteiger partial charge in [0.1, 0.15) is 12.3 Å². The van der Waals surface area contributed by atoms with E-state index in [1.807, 2.05) is 31.5 Å². The SMILES string of the molecule is CC1(N)C=CC(I)=C(C2=CNCN=C2)N1. The van der Waals surface area contributed by atoms with Crippen molar-refractivity contribution in [1.29, 1.82) is 0 Å². The Morgan fingerprint density at radius 2 is 2.40 bits per heavy atom. The highest BCUT2D eigenvalue weighted by atomic mass is 127. The fraction of sp³-hybridized carbons (Fsp3) is 0.300. The number of aliphatic imine (C=N–C) groups is 1. The van der Waals surface area contributed by atoms with Crippen LogP contribution in [0.15, 0.2) is 38.2 Å². The molecule has 0 saturated heterocycles. The van der Waals surface area contributed by atoms with Crippen LogP contribution in [0.4, 0.5) is 0 Å². The van der Waals surface area contributed by atoms with Crippen LogP contribution in [-0.4, -0.2) is 18.5 Å². The summed E-state index contributed by atoms with van der Waals surface area (Å²) in [4.78, 5) is 4.17. The number of allylic oxidation sites excluding steroid dienone is 3. The fourth-order valence-electron chi connectivity index (χ4n) is 1.44. The molecule has 0 saturated carbocycles. The molecular weight excluding hydrogens is 303 g/mol. The number of rotatable bonds is 1. The predicted octanol–water partition coefficient (Wildman–Crippen LogP) is 0.983. The van der Waals surface area contributed by atoms with E-state index in [0.717, 1.165) is 14.8 Å². The number of halogens is 1.